The van der Waals surface area contributed by atoms with Gasteiger partial charge >= 0.3 is 12.1 Å². The maximum atomic E-state index is 14.1. The van der Waals surface area contributed by atoms with E-state index in [-0.39, 0.29) is 31.9 Å². The van der Waals surface area contributed by atoms with Crippen LogP contribution in [-0.2, 0) is 23.9 Å². The zero-order valence-corrected chi connectivity index (χ0v) is 24.0. The van der Waals surface area contributed by atoms with Crippen LogP contribution in [0.5, 0.6) is 0 Å². The van der Waals surface area contributed by atoms with Gasteiger partial charge in [0, 0.05) is 23.9 Å². The first kappa shape index (κ1) is 29.4. The smallest absolute Gasteiger partial charge is 0.408 e. The number of azo groups is 1. The minimum Gasteiger partial charge on any atom is -0.479 e. The van der Waals surface area contributed by atoms with Gasteiger partial charge in [-0.1, -0.05) is 42.5 Å². The maximum Gasteiger partial charge on any atom is 0.408 e. The number of nitrogens with one attached hydrogen (secondary N) is 2. The molecule has 4 unspecified atom stereocenters. The van der Waals surface area contributed by atoms with E-state index < -0.39 is 65.3 Å². The summed E-state index contributed by atoms with van der Waals surface area (Å²) in [5, 5.41) is 23.9. The molecule has 2 fully saturated rings. The Hall–Kier alpha value is -4.13. The minimum absolute atomic E-state index is 0.0760. The van der Waals surface area contributed by atoms with Crippen LogP contribution >= 0.6 is 0 Å². The predicted octanol–water partition coefficient (Wildman–Crippen LogP) is 2.27. The molecule has 1 aliphatic carbocycles. The zero-order chi connectivity index (χ0) is 30.2. The Kier molecular flexibility index (Phi) is 7.88. The van der Waals surface area contributed by atoms with Crippen LogP contribution in [0.2, 0.25) is 0 Å². The van der Waals surface area contributed by atoms with Crippen LogP contribution in [0.1, 0.15) is 46.1 Å². The molecular formula is C29H36N6O7. The Morgan fingerprint density at radius 2 is 1.95 bits per heavy atom. The third-order valence-corrected chi connectivity index (χ3v) is 7.87. The van der Waals surface area contributed by atoms with Crippen LogP contribution in [-0.4, -0.2) is 88.4 Å². The number of nitrogens with zero attached hydrogens (tertiary/aromatic N) is 4. The molecule has 1 aromatic carbocycles. The molecule has 3 amide bonds. The number of rotatable bonds is 4. The SMILES string of the molecule is CC1OC/C=C\C2CC2(C(=O)O)NC(=O)[C@@H]2C[C@@H](C3N=NC(c4ccccc4)=N3)CN2C(=O)[C@H]1NC(=O)OC(C)(C)C. The lowest BCUT2D eigenvalue weighted by Crippen LogP contribution is -2.59. The van der Waals surface area contributed by atoms with Crippen molar-refractivity contribution in [1.82, 2.24) is 15.5 Å². The zero-order valence-electron chi connectivity index (χ0n) is 24.0. The molecule has 0 radical (unpaired) electrons. The second-order valence-electron chi connectivity index (χ2n) is 12.1. The van der Waals surface area contributed by atoms with Gasteiger partial charge in [0.15, 0.2) is 12.0 Å². The third kappa shape index (κ3) is 6.06. The molecule has 5 rings (SSSR count). The fourth-order valence-electron chi connectivity index (χ4n) is 5.57. The first-order chi connectivity index (χ1) is 19.9. The van der Waals surface area contributed by atoms with E-state index in [0.717, 1.165) is 5.56 Å². The second-order valence-corrected chi connectivity index (χ2v) is 12.1. The van der Waals surface area contributed by atoms with Gasteiger partial charge in [0.2, 0.25) is 11.8 Å². The number of carbonyl (C=O) groups excluding carboxylic acids is 3. The highest BCUT2D eigenvalue weighted by Crippen LogP contribution is 2.45. The normalized spacial score (nSPS) is 33.6. The molecule has 1 aromatic rings. The number of aliphatic imine (C=N–C) groups is 1. The molecule has 0 bridgehead atoms. The van der Waals surface area contributed by atoms with E-state index in [1.54, 1.807) is 39.8 Å². The summed E-state index contributed by atoms with van der Waals surface area (Å²) in [5.74, 6) is -2.63. The van der Waals surface area contributed by atoms with Gasteiger partial charge in [-0.2, -0.15) is 5.11 Å². The maximum absolute atomic E-state index is 14.1. The van der Waals surface area contributed by atoms with Crippen molar-refractivity contribution in [3.05, 3.63) is 48.0 Å². The van der Waals surface area contributed by atoms with Gasteiger partial charge in [0.05, 0.1) is 12.7 Å². The summed E-state index contributed by atoms with van der Waals surface area (Å²) >= 11 is 0. The van der Waals surface area contributed by atoms with Gasteiger partial charge in [0.25, 0.3) is 0 Å². The lowest BCUT2D eigenvalue weighted by molar-refractivity contribution is -0.146. The topological polar surface area (TPSA) is 171 Å². The van der Waals surface area contributed by atoms with E-state index in [9.17, 15) is 24.3 Å². The largest absolute Gasteiger partial charge is 0.479 e. The summed E-state index contributed by atoms with van der Waals surface area (Å²) < 4.78 is 11.3. The van der Waals surface area contributed by atoms with Gasteiger partial charge in [-0.3, -0.25) is 9.59 Å². The van der Waals surface area contributed by atoms with Crippen LogP contribution in [0.15, 0.2) is 57.7 Å². The minimum atomic E-state index is -1.46. The number of hydrogen-bond donors (Lipinski definition) is 3. The first-order valence-corrected chi connectivity index (χ1v) is 14.1. The average Bonchev–Trinajstić information content (AvgIpc) is 3.26. The Morgan fingerprint density at radius 3 is 2.64 bits per heavy atom. The highest BCUT2D eigenvalue weighted by molar-refractivity contribution is 6.00. The molecule has 3 aliphatic heterocycles. The molecule has 1 saturated carbocycles. The average molecular weight is 581 g/mol. The number of carbonyl (C=O) groups is 4. The number of carboxylic acids is 1. The van der Waals surface area contributed by atoms with Crippen molar-refractivity contribution in [1.29, 1.82) is 0 Å². The number of alkyl carbamates (subject to hydrolysis) is 1. The summed E-state index contributed by atoms with van der Waals surface area (Å²) in [6.45, 7) is 6.94. The second kappa shape index (κ2) is 11.3. The monoisotopic (exact) mass is 580 g/mol. The lowest BCUT2D eigenvalue weighted by atomic mass is 10.0. The number of carboxylic acid groups (broad SMARTS) is 1. The molecule has 0 spiro atoms. The Bertz CT molecular complexity index is 1340. The number of fused-ring (bicyclic) bond motifs is 2. The number of benzene rings is 1. The first-order valence-electron chi connectivity index (χ1n) is 14.1. The van der Waals surface area contributed by atoms with Gasteiger partial charge in [-0.15, -0.1) is 5.11 Å². The van der Waals surface area contributed by atoms with Crippen LogP contribution in [0.3, 0.4) is 0 Å². The van der Waals surface area contributed by atoms with Crippen LogP contribution in [0.25, 0.3) is 0 Å². The van der Waals surface area contributed by atoms with E-state index in [1.165, 1.54) is 4.90 Å². The molecule has 13 nitrogen and oxygen atoms in total. The molecular weight excluding hydrogens is 544 g/mol. The van der Waals surface area contributed by atoms with E-state index in [1.807, 2.05) is 30.3 Å². The van der Waals surface area contributed by atoms with Crippen molar-refractivity contribution in [2.24, 2.45) is 27.1 Å². The van der Waals surface area contributed by atoms with Crippen molar-refractivity contribution < 1.29 is 33.8 Å². The molecule has 3 heterocycles. The van der Waals surface area contributed by atoms with Crippen LogP contribution < -0.4 is 10.6 Å². The van der Waals surface area contributed by atoms with Crippen molar-refractivity contribution in [2.45, 2.75) is 76.0 Å². The molecule has 1 saturated heterocycles. The molecule has 4 aliphatic rings. The summed E-state index contributed by atoms with van der Waals surface area (Å²) in [5.41, 5.74) is -1.47. The Balaban J connectivity index is 1.45. The Labute approximate surface area is 243 Å². The van der Waals surface area contributed by atoms with Gasteiger partial charge in [-0.05, 0) is 40.5 Å². The standard InChI is InChI=1S/C29H36N6O7/c1-16-21(30-27(40)42-28(2,3)4)25(37)35-15-18(23-31-22(33-34-23)17-9-6-5-7-10-17)13-20(35)24(36)32-29(26(38)39)14-19(29)11-8-12-41-16/h5-11,16,18-21,23H,12-15H2,1-4H3,(H,30,40)(H,32,36)(H,38,39)/b11-8-/t16?,18-,19?,20+,21+,23?,29?/m1/s1. The lowest BCUT2D eigenvalue weighted by Gasteiger charge is -2.32. The van der Waals surface area contributed by atoms with Crippen molar-refractivity contribution >= 4 is 29.7 Å². The number of amidine groups is 1. The van der Waals surface area contributed by atoms with Crippen LogP contribution in [0, 0.1) is 11.8 Å². The van der Waals surface area contributed by atoms with E-state index >= 15 is 0 Å². The van der Waals surface area contributed by atoms with E-state index in [2.05, 4.69) is 25.9 Å². The summed E-state index contributed by atoms with van der Waals surface area (Å²) in [7, 11) is 0. The quantitative estimate of drug-likeness (QED) is 0.459. The summed E-state index contributed by atoms with van der Waals surface area (Å²) in [6, 6.07) is 7.14. The van der Waals surface area contributed by atoms with Gasteiger partial charge in [-0.25, -0.2) is 14.6 Å². The molecule has 42 heavy (non-hydrogen) atoms. The number of hydrogen-bond acceptors (Lipinski definition) is 9. The number of amides is 3. The molecule has 3 N–H and O–H groups in total. The highest BCUT2D eigenvalue weighted by Gasteiger charge is 2.61. The summed E-state index contributed by atoms with van der Waals surface area (Å²) in [4.78, 5) is 58.8. The van der Waals surface area contributed by atoms with Crippen molar-refractivity contribution in [3.63, 3.8) is 0 Å². The van der Waals surface area contributed by atoms with E-state index in [0.29, 0.717) is 5.84 Å². The fourth-order valence-corrected chi connectivity index (χ4v) is 5.57. The molecule has 13 heteroatoms. The third-order valence-electron chi connectivity index (χ3n) is 7.87. The Morgan fingerprint density at radius 1 is 1.21 bits per heavy atom. The predicted molar refractivity (Wildman–Crippen MR) is 150 cm³/mol. The molecule has 224 valence electrons. The van der Waals surface area contributed by atoms with Crippen molar-refractivity contribution in [2.75, 3.05) is 13.2 Å². The van der Waals surface area contributed by atoms with Crippen molar-refractivity contribution in [3.8, 4) is 0 Å². The van der Waals surface area contributed by atoms with Gasteiger partial charge < -0.3 is 30.1 Å². The molecule has 0 aromatic heterocycles. The highest BCUT2D eigenvalue weighted by atomic mass is 16.6. The van der Waals surface area contributed by atoms with Crippen LogP contribution in [0.4, 0.5) is 4.79 Å². The number of aliphatic carboxylic acids is 1. The fraction of sp³-hybridized carbons (Fsp3) is 0.552. The van der Waals surface area contributed by atoms with E-state index in [4.69, 9.17) is 9.47 Å². The molecule has 7 atom stereocenters. The summed E-state index contributed by atoms with van der Waals surface area (Å²) in [6.07, 6.45) is 1.53. The van der Waals surface area contributed by atoms with Gasteiger partial charge in [0.1, 0.15) is 23.2 Å². The number of ether oxygens (including phenoxy) is 2.